The molecule has 0 spiro atoms. The van der Waals surface area contributed by atoms with Gasteiger partial charge in [-0.15, -0.1) is 0 Å². The first kappa shape index (κ1) is 14.3. The van der Waals surface area contributed by atoms with E-state index in [0.29, 0.717) is 11.8 Å². The molecular weight excluding hydrogens is 236 g/mol. The zero-order chi connectivity index (χ0) is 13.9. The first-order chi connectivity index (χ1) is 9.08. The van der Waals surface area contributed by atoms with E-state index in [1.165, 1.54) is 12.8 Å². The van der Waals surface area contributed by atoms with E-state index < -0.39 is 0 Å². The maximum atomic E-state index is 6.72. The van der Waals surface area contributed by atoms with E-state index >= 15 is 0 Å². The lowest BCUT2D eigenvalue weighted by atomic mass is 9.66. The molecule has 1 aromatic heterocycles. The van der Waals surface area contributed by atoms with Crippen molar-refractivity contribution >= 4 is 0 Å². The van der Waals surface area contributed by atoms with Crippen LogP contribution in [0.4, 0.5) is 0 Å². The molecule has 2 N–H and O–H groups in total. The Bertz CT molecular complexity index is 421. The highest BCUT2D eigenvalue weighted by molar-refractivity contribution is 5.30. The third kappa shape index (κ3) is 2.92. The summed E-state index contributed by atoms with van der Waals surface area (Å²) < 4.78 is 5.68. The van der Waals surface area contributed by atoms with Crippen molar-refractivity contribution < 1.29 is 4.74 Å². The largest absolute Gasteiger partial charge is 0.492 e. The van der Waals surface area contributed by atoms with Gasteiger partial charge in [0.2, 0.25) is 0 Å². The molecule has 0 aliphatic heterocycles. The molecule has 3 nitrogen and oxygen atoms in total. The van der Waals surface area contributed by atoms with Crippen LogP contribution in [-0.4, -0.2) is 11.6 Å². The van der Waals surface area contributed by atoms with E-state index in [1.54, 1.807) is 6.20 Å². The molecule has 1 aromatic rings. The first-order valence-electron chi connectivity index (χ1n) is 7.45. The fourth-order valence-electron chi connectivity index (χ4n) is 3.08. The van der Waals surface area contributed by atoms with Crippen LogP contribution in [0.3, 0.4) is 0 Å². The van der Waals surface area contributed by atoms with Crippen molar-refractivity contribution in [3.05, 3.63) is 24.0 Å². The number of nitrogens with zero attached hydrogens (tertiary/aromatic N) is 1. The lowest BCUT2D eigenvalue weighted by Crippen LogP contribution is -2.48. The quantitative estimate of drug-likeness (QED) is 0.903. The van der Waals surface area contributed by atoms with Crippen molar-refractivity contribution in [2.75, 3.05) is 6.61 Å². The summed E-state index contributed by atoms with van der Waals surface area (Å²) in [6.45, 7) is 7.40. The highest BCUT2D eigenvalue weighted by atomic mass is 16.5. The van der Waals surface area contributed by atoms with Gasteiger partial charge in [-0.25, -0.2) is 0 Å². The summed E-state index contributed by atoms with van der Waals surface area (Å²) in [6, 6.07) is 2.08. The SMILES string of the molecule is CCCOc1cncc(C2(N)CCCC(C)C2C)c1. The minimum Gasteiger partial charge on any atom is -0.492 e. The van der Waals surface area contributed by atoms with Gasteiger partial charge >= 0.3 is 0 Å². The van der Waals surface area contributed by atoms with Crippen LogP contribution < -0.4 is 10.5 Å². The Labute approximate surface area is 116 Å². The second-order valence-electron chi connectivity index (χ2n) is 5.96. The molecule has 1 saturated carbocycles. The van der Waals surface area contributed by atoms with Gasteiger partial charge in [0.25, 0.3) is 0 Å². The van der Waals surface area contributed by atoms with Crippen molar-refractivity contribution in [1.29, 1.82) is 0 Å². The molecule has 0 aromatic carbocycles. The van der Waals surface area contributed by atoms with Gasteiger partial charge in [0.1, 0.15) is 5.75 Å². The molecule has 106 valence electrons. The monoisotopic (exact) mass is 262 g/mol. The topological polar surface area (TPSA) is 48.1 Å². The molecule has 0 bridgehead atoms. The van der Waals surface area contributed by atoms with Gasteiger partial charge in [0, 0.05) is 11.7 Å². The maximum Gasteiger partial charge on any atom is 0.137 e. The maximum absolute atomic E-state index is 6.72. The van der Waals surface area contributed by atoms with E-state index in [4.69, 9.17) is 10.5 Å². The van der Waals surface area contributed by atoms with Crippen LogP contribution in [-0.2, 0) is 5.54 Å². The van der Waals surface area contributed by atoms with Gasteiger partial charge in [-0.2, -0.15) is 0 Å². The number of hydrogen-bond donors (Lipinski definition) is 1. The van der Waals surface area contributed by atoms with Crippen LogP contribution in [0.25, 0.3) is 0 Å². The van der Waals surface area contributed by atoms with E-state index in [-0.39, 0.29) is 5.54 Å². The number of nitrogens with two attached hydrogens (primary N) is 1. The van der Waals surface area contributed by atoms with Gasteiger partial charge < -0.3 is 10.5 Å². The summed E-state index contributed by atoms with van der Waals surface area (Å²) in [6.07, 6.45) is 8.21. The normalized spacial score (nSPS) is 31.2. The molecule has 1 aliphatic carbocycles. The van der Waals surface area contributed by atoms with E-state index in [0.717, 1.165) is 30.8 Å². The third-order valence-electron chi connectivity index (χ3n) is 4.64. The Morgan fingerprint density at radius 2 is 2.21 bits per heavy atom. The first-order valence-corrected chi connectivity index (χ1v) is 7.45. The summed E-state index contributed by atoms with van der Waals surface area (Å²) >= 11 is 0. The second-order valence-corrected chi connectivity index (χ2v) is 5.96. The molecular formula is C16H26N2O. The van der Waals surface area contributed by atoms with Gasteiger partial charge in [-0.1, -0.05) is 33.6 Å². The summed E-state index contributed by atoms with van der Waals surface area (Å²) in [5.41, 5.74) is 7.59. The van der Waals surface area contributed by atoms with Gasteiger partial charge in [-0.05, 0) is 36.3 Å². The van der Waals surface area contributed by atoms with E-state index in [9.17, 15) is 0 Å². The Kier molecular flexibility index (Phi) is 4.46. The molecule has 0 radical (unpaired) electrons. The molecule has 1 aliphatic rings. The van der Waals surface area contributed by atoms with Crippen molar-refractivity contribution in [3.8, 4) is 5.75 Å². The highest BCUT2D eigenvalue weighted by Gasteiger charge is 2.39. The minimum atomic E-state index is -0.254. The predicted molar refractivity (Wildman–Crippen MR) is 78.1 cm³/mol. The lowest BCUT2D eigenvalue weighted by Gasteiger charge is -2.43. The fraction of sp³-hybridized carbons (Fsp3) is 0.688. The van der Waals surface area contributed by atoms with Gasteiger partial charge in [0.05, 0.1) is 12.8 Å². The number of hydrogen-bond acceptors (Lipinski definition) is 3. The van der Waals surface area contributed by atoms with Crippen molar-refractivity contribution in [2.24, 2.45) is 17.6 Å². The van der Waals surface area contributed by atoms with Crippen LogP contribution >= 0.6 is 0 Å². The molecule has 1 fully saturated rings. The summed E-state index contributed by atoms with van der Waals surface area (Å²) in [5, 5.41) is 0. The molecule has 0 amide bonds. The Morgan fingerprint density at radius 1 is 1.42 bits per heavy atom. The van der Waals surface area contributed by atoms with Crippen LogP contribution in [0.5, 0.6) is 5.75 Å². The smallest absolute Gasteiger partial charge is 0.137 e. The number of rotatable bonds is 4. The van der Waals surface area contributed by atoms with Crippen molar-refractivity contribution in [2.45, 2.75) is 52.0 Å². The predicted octanol–water partition coefficient (Wildman–Crippen LogP) is 3.48. The number of pyridine rings is 1. The average Bonchev–Trinajstić information content (AvgIpc) is 2.43. The molecule has 3 atom stereocenters. The lowest BCUT2D eigenvalue weighted by molar-refractivity contribution is 0.143. The average molecular weight is 262 g/mol. The molecule has 1 heterocycles. The summed E-state index contributed by atoms with van der Waals surface area (Å²) in [7, 11) is 0. The van der Waals surface area contributed by atoms with Crippen LogP contribution in [0.15, 0.2) is 18.5 Å². The van der Waals surface area contributed by atoms with E-state index in [2.05, 4.69) is 31.8 Å². The standard InChI is InChI=1S/C16H26N2O/c1-4-8-19-15-9-14(10-18-11-15)16(17)7-5-6-12(2)13(16)3/h9-13H,4-8,17H2,1-3H3. The highest BCUT2D eigenvalue weighted by Crippen LogP contribution is 2.42. The summed E-state index contributed by atoms with van der Waals surface area (Å²) in [5.74, 6) is 1.98. The third-order valence-corrected chi connectivity index (χ3v) is 4.64. The van der Waals surface area contributed by atoms with E-state index in [1.807, 2.05) is 6.20 Å². The zero-order valence-electron chi connectivity index (χ0n) is 12.4. The summed E-state index contributed by atoms with van der Waals surface area (Å²) in [4.78, 5) is 4.31. The Hall–Kier alpha value is -1.09. The molecule has 3 unspecified atom stereocenters. The second kappa shape index (κ2) is 5.91. The fourth-order valence-corrected chi connectivity index (χ4v) is 3.08. The molecule has 19 heavy (non-hydrogen) atoms. The molecule has 0 saturated heterocycles. The minimum absolute atomic E-state index is 0.254. The van der Waals surface area contributed by atoms with Gasteiger partial charge in [-0.3, -0.25) is 4.98 Å². The van der Waals surface area contributed by atoms with Crippen molar-refractivity contribution in [1.82, 2.24) is 4.98 Å². The molecule has 3 heteroatoms. The molecule has 2 rings (SSSR count). The zero-order valence-corrected chi connectivity index (χ0v) is 12.4. The van der Waals surface area contributed by atoms with Crippen LogP contribution in [0, 0.1) is 11.8 Å². The number of ether oxygens (including phenoxy) is 1. The Balaban J connectivity index is 2.24. The van der Waals surface area contributed by atoms with Crippen LogP contribution in [0.1, 0.15) is 52.0 Å². The Morgan fingerprint density at radius 3 is 2.95 bits per heavy atom. The van der Waals surface area contributed by atoms with Crippen LogP contribution in [0.2, 0.25) is 0 Å². The van der Waals surface area contributed by atoms with Gasteiger partial charge in [0.15, 0.2) is 0 Å². The van der Waals surface area contributed by atoms with Crippen molar-refractivity contribution in [3.63, 3.8) is 0 Å². The number of aromatic nitrogens is 1.